The predicted molar refractivity (Wildman–Crippen MR) is 233 cm³/mol. The van der Waals surface area contributed by atoms with E-state index >= 15 is 8.42 Å². The van der Waals surface area contributed by atoms with Gasteiger partial charge in [-0.1, -0.05) is 147 Å². The van der Waals surface area contributed by atoms with E-state index in [1.165, 1.54) is 42.1 Å². The molecular weight excluding hydrogens is 721 g/mol. The van der Waals surface area contributed by atoms with Gasteiger partial charge < -0.3 is 0 Å². The zero-order valence-corrected chi connectivity index (χ0v) is 33.4. The van der Waals surface area contributed by atoms with Crippen molar-refractivity contribution in [3.05, 3.63) is 179 Å². The lowest BCUT2D eigenvalue weighted by atomic mass is 9.46. The van der Waals surface area contributed by atoms with E-state index in [1.54, 1.807) is 0 Å². The molecule has 7 aromatic carbocycles. The quantitative estimate of drug-likeness (QED) is 0.167. The van der Waals surface area contributed by atoms with Crippen molar-refractivity contribution in [1.82, 2.24) is 0 Å². The van der Waals surface area contributed by atoms with Crippen LogP contribution in [0.1, 0.15) is 73.3 Å². The number of hydrogen-bond donors (Lipinski definition) is 0. The minimum absolute atomic E-state index is 0.180. The second kappa shape index (κ2) is 12.7. The SMILES string of the molecule is C[C@H]1C[C@@H]2C[C@@H](C)C[C@H](C1)C21c2ccccc2S(=O)(=O)c2cc(C(c3cccc(-c4cccc5c4sc4ccccc45)c3)c3ccc4ccccc4c3)ccc21. The van der Waals surface area contributed by atoms with Crippen LogP contribution in [-0.4, -0.2) is 8.42 Å². The summed E-state index contributed by atoms with van der Waals surface area (Å²) in [6.45, 7) is 4.81. The standard InChI is InChI=1S/C52H44O2S2/c1-32-25-40-27-33(2)28-41(26-32)52(40)45-18-6-8-20-48(45)56(53,54)49-31-39(23-24-46(49)52)50(38-22-21-34-11-3-4-12-35(34)29-38)37-14-9-13-36(30-37)42-16-10-17-44-43-15-5-7-19-47(43)55-51(42)44/h3-24,29-33,40-41,50H,25-28H2,1-2H3/t32-,33+,40+,41-,50?,52?. The van der Waals surface area contributed by atoms with E-state index in [0.29, 0.717) is 33.5 Å². The van der Waals surface area contributed by atoms with Gasteiger partial charge in [0.05, 0.1) is 9.79 Å². The first-order valence-corrected chi connectivity index (χ1v) is 22.6. The minimum atomic E-state index is -3.78. The van der Waals surface area contributed by atoms with Crippen LogP contribution >= 0.6 is 11.3 Å². The molecule has 2 nitrogen and oxygen atoms in total. The summed E-state index contributed by atoms with van der Waals surface area (Å²) in [4.78, 5) is 1.04. The third-order valence-corrected chi connectivity index (χ3v) is 16.8. The highest BCUT2D eigenvalue weighted by molar-refractivity contribution is 7.91. The van der Waals surface area contributed by atoms with Gasteiger partial charge in [0.15, 0.2) is 0 Å². The summed E-state index contributed by atoms with van der Waals surface area (Å²) in [6.07, 6.45) is 4.54. The molecule has 1 spiro atoms. The van der Waals surface area contributed by atoms with Crippen LogP contribution in [-0.2, 0) is 15.3 Å². The molecule has 2 bridgehead atoms. The Morgan fingerprint density at radius 1 is 0.554 bits per heavy atom. The fourth-order valence-corrected chi connectivity index (χ4v) is 14.8. The van der Waals surface area contributed by atoms with E-state index in [9.17, 15) is 0 Å². The molecule has 1 unspecified atom stereocenters. The average molecular weight is 765 g/mol. The molecule has 0 radical (unpaired) electrons. The molecule has 3 aliphatic rings. The highest BCUT2D eigenvalue weighted by Crippen LogP contribution is 2.64. The average Bonchev–Trinajstić information content (AvgIpc) is 3.60. The maximum absolute atomic E-state index is 15.0. The van der Waals surface area contributed by atoms with Gasteiger partial charge >= 0.3 is 0 Å². The molecule has 0 amide bonds. The van der Waals surface area contributed by atoms with Crippen molar-refractivity contribution in [3.8, 4) is 11.1 Å². The monoisotopic (exact) mass is 764 g/mol. The molecule has 2 fully saturated rings. The number of sulfone groups is 1. The van der Waals surface area contributed by atoms with Crippen molar-refractivity contribution >= 4 is 52.1 Å². The lowest BCUT2D eigenvalue weighted by molar-refractivity contribution is 0.0231. The third kappa shape index (κ3) is 5.01. The predicted octanol–water partition coefficient (Wildman–Crippen LogP) is 13.6. The fourth-order valence-electron chi connectivity index (χ4n) is 11.7. The van der Waals surface area contributed by atoms with Crippen LogP contribution in [0, 0.1) is 23.7 Å². The van der Waals surface area contributed by atoms with Crippen molar-refractivity contribution in [2.24, 2.45) is 23.7 Å². The molecule has 276 valence electrons. The summed E-state index contributed by atoms with van der Waals surface area (Å²) in [5.74, 6) is 1.91. The maximum atomic E-state index is 15.0. The Kier molecular flexibility index (Phi) is 7.79. The Labute approximate surface area is 333 Å². The maximum Gasteiger partial charge on any atom is 0.207 e. The van der Waals surface area contributed by atoms with Crippen LogP contribution < -0.4 is 0 Å². The first kappa shape index (κ1) is 34.2. The fraction of sp³-hybridized carbons (Fsp3) is 0.231. The summed E-state index contributed by atoms with van der Waals surface area (Å²) < 4.78 is 32.6. The van der Waals surface area contributed by atoms with Gasteiger partial charge in [0.2, 0.25) is 9.84 Å². The molecule has 1 atom stereocenters. The Morgan fingerprint density at radius 3 is 2.00 bits per heavy atom. The van der Waals surface area contributed by atoms with Crippen LogP contribution in [0.4, 0.5) is 0 Å². The number of rotatable bonds is 4. The highest BCUT2D eigenvalue weighted by atomic mass is 32.2. The van der Waals surface area contributed by atoms with Gasteiger partial charge in [-0.2, -0.15) is 0 Å². The smallest absolute Gasteiger partial charge is 0.207 e. The summed E-state index contributed by atoms with van der Waals surface area (Å²) in [7, 11) is -3.78. The molecule has 2 heterocycles. The van der Waals surface area contributed by atoms with Crippen LogP contribution in [0.25, 0.3) is 42.1 Å². The first-order chi connectivity index (χ1) is 27.3. The van der Waals surface area contributed by atoms with Gasteiger partial charge in [0.25, 0.3) is 0 Å². The van der Waals surface area contributed by atoms with Crippen molar-refractivity contribution in [3.63, 3.8) is 0 Å². The molecule has 1 aliphatic heterocycles. The van der Waals surface area contributed by atoms with Gasteiger partial charge in [-0.15, -0.1) is 11.3 Å². The zero-order valence-electron chi connectivity index (χ0n) is 31.8. The van der Waals surface area contributed by atoms with Crippen molar-refractivity contribution < 1.29 is 8.42 Å². The van der Waals surface area contributed by atoms with Gasteiger partial charge in [-0.25, -0.2) is 8.42 Å². The molecule has 8 aromatic rings. The van der Waals surface area contributed by atoms with E-state index in [0.717, 1.165) is 53.5 Å². The topological polar surface area (TPSA) is 34.1 Å². The van der Waals surface area contributed by atoms with E-state index < -0.39 is 9.84 Å². The van der Waals surface area contributed by atoms with E-state index in [4.69, 9.17) is 0 Å². The van der Waals surface area contributed by atoms with Crippen LogP contribution in [0.3, 0.4) is 0 Å². The number of fused-ring (bicyclic) bond motifs is 6. The van der Waals surface area contributed by atoms with Gasteiger partial charge in [0, 0.05) is 31.5 Å². The molecule has 56 heavy (non-hydrogen) atoms. The van der Waals surface area contributed by atoms with Crippen molar-refractivity contribution in [1.29, 1.82) is 0 Å². The van der Waals surface area contributed by atoms with Crippen molar-refractivity contribution in [2.45, 2.75) is 60.7 Å². The molecular formula is C52H44O2S2. The van der Waals surface area contributed by atoms with E-state index in [1.807, 2.05) is 23.5 Å². The van der Waals surface area contributed by atoms with Gasteiger partial charge in [-0.05, 0) is 117 Å². The molecule has 4 heteroatoms. The number of thiophene rings is 1. The highest BCUT2D eigenvalue weighted by Gasteiger charge is 2.59. The molecule has 2 aliphatic carbocycles. The van der Waals surface area contributed by atoms with Gasteiger partial charge in [0.1, 0.15) is 0 Å². The summed E-state index contributed by atoms with van der Waals surface area (Å²) >= 11 is 1.85. The minimum Gasteiger partial charge on any atom is -0.218 e. The second-order valence-electron chi connectivity index (χ2n) is 17.1. The largest absolute Gasteiger partial charge is 0.218 e. The summed E-state index contributed by atoms with van der Waals surface area (Å²) in [5.41, 5.74) is 7.49. The summed E-state index contributed by atoms with van der Waals surface area (Å²) in [6, 6.07) is 54.2. The van der Waals surface area contributed by atoms with Gasteiger partial charge in [-0.3, -0.25) is 0 Å². The number of hydrogen-bond acceptors (Lipinski definition) is 3. The Bertz CT molecular complexity index is 2940. The third-order valence-electron chi connectivity index (χ3n) is 13.8. The Hall–Kier alpha value is -5.03. The molecule has 1 aromatic heterocycles. The lowest BCUT2D eigenvalue weighted by Gasteiger charge is -2.59. The van der Waals surface area contributed by atoms with E-state index in [-0.39, 0.29) is 11.3 Å². The molecule has 0 N–H and O–H groups in total. The zero-order chi connectivity index (χ0) is 37.8. The first-order valence-electron chi connectivity index (χ1n) is 20.3. The van der Waals surface area contributed by atoms with Crippen LogP contribution in [0.15, 0.2) is 161 Å². The molecule has 11 rings (SSSR count). The molecule has 0 saturated heterocycles. The second-order valence-corrected chi connectivity index (χ2v) is 20.1. The summed E-state index contributed by atoms with van der Waals surface area (Å²) in [5, 5.41) is 4.95. The van der Waals surface area contributed by atoms with Crippen LogP contribution in [0.5, 0.6) is 0 Å². The lowest BCUT2D eigenvalue weighted by Crippen LogP contribution is -2.54. The van der Waals surface area contributed by atoms with Crippen molar-refractivity contribution in [2.75, 3.05) is 0 Å². The number of benzene rings is 7. The Morgan fingerprint density at radius 2 is 1.18 bits per heavy atom. The van der Waals surface area contributed by atoms with Crippen LogP contribution in [0.2, 0.25) is 0 Å². The Balaban J connectivity index is 1.13. The normalized spacial score (nSPS) is 24.2. The van der Waals surface area contributed by atoms with E-state index in [2.05, 4.69) is 153 Å². The molecule has 2 saturated carbocycles.